The maximum atomic E-state index is 12.9. The molecule has 1 aliphatic rings. The molecule has 2 N–H and O–H groups in total. The quantitative estimate of drug-likeness (QED) is 0.298. The van der Waals surface area contributed by atoms with Gasteiger partial charge in [-0.25, -0.2) is 21.1 Å². The molecule has 1 heterocycles. The summed E-state index contributed by atoms with van der Waals surface area (Å²) in [6.45, 7) is 0.392. The first-order valence-corrected chi connectivity index (χ1v) is 16.2. The summed E-state index contributed by atoms with van der Waals surface area (Å²) in [6, 6.07) is 14.7. The molecule has 0 radical (unpaired) electrons. The zero-order valence-electron chi connectivity index (χ0n) is 20.2. The van der Waals surface area contributed by atoms with Gasteiger partial charge in [0, 0.05) is 39.8 Å². The average Bonchev–Trinajstić information content (AvgIpc) is 2.88. The first-order chi connectivity index (χ1) is 18.3. The molecule has 1 saturated heterocycles. The fourth-order valence-electron chi connectivity index (χ4n) is 4.06. The van der Waals surface area contributed by atoms with E-state index < -0.39 is 26.0 Å². The van der Waals surface area contributed by atoms with Crippen LogP contribution in [0.1, 0.15) is 18.4 Å². The van der Waals surface area contributed by atoms with Crippen LogP contribution in [0.4, 0.5) is 11.4 Å². The van der Waals surface area contributed by atoms with E-state index in [1.54, 1.807) is 12.1 Å². The number of carbonyl (C=O) groups is 1. The number of hydrogen-bond donors (Lipinski definition) is 2. The minimum atomic E-state index is -3.93. The molecule has 0 saturated carbocycles. The minimum absolute atomic E-state index is 0.0224. The summed E-state index contributed by atoms with van der Waals surface area (Å²) in [6.07, 6.45) is 0.690. The van der Waals surface area contributed by atoms with Crippen molar-refractivity contribution >= 4 is 83.7 Å². The van der Waals surface area contributed by atoms with Gasteiger partial charge < -0.3 is 5.32 Å². The lowest BCUT2D eigenvalue weighted by atomic mass is 9.97. The molecule has 0 aliphatic carbocycles. The van der Waals surface area contributed by atoms with Crippen LogP contribution in [-0.4, -0.2) is 40.1 Å². The first-order valence-electron chi connectivity index (χ1n) is 11.6. The van der Waals surface area contributed by atoms with Crippen molar-refractivity contribution in [1.82, 2.24) is 4.31 Å². The van der Waals surface area contributed by atoms with Crippen LogP contribution in [0, 0.1) is 5.92 Å². The van der Waals surface area contributed by atoms with Crippen LogP contribution >= 0.6 is 46.4 Å². The fraction of sp³-hybridized carbons (Fsp3) is 0.240. The third-order valence-electron chi connectivity index (χ3n) is 6.18. The lowest BCUT2D eigenvalue weighted by Gasteiger charge is -2.30. The van der Waals surface area contributed by atoms with Crippen LogP contribution in [0.3, 0.4) is 0 Å². The van der Waals surface area contributed by atoms with Crippen LogP contribution in [-0.2, 0) is 30.6 Å². The molecule has 3 aromatic carbocycles. The van der Waals surface area contributed by atoms with Gasteiger partial charge in [0.2, 0.25) is 15.9 Å². The molecule has 8 nitrogen and oxygen atoms in total. The number of carbonyl (C=O) groups excluding carboxylic acids is 1. The van der Waals surface area contributed by atoms with Crippen molar-refractivity contribution in [3.05, 3.63) is 86.3 Å². The zero-order chi connectivity index (χ0) is 28.4. The monoisotopic (exact) mass is 649 g/mol. The smallest absolute Gasteiger partial charge is 0.261 e. The normalized spacial score (nSPS) is 15.2. The van der Waals surface area contributed by atoms with Crippen molar-refractivity contribution in [3.63, 3.8) is 0 Å². The Labute approximate surface area is 247 Å². The van der Waals surface area contributed by atoms with E-state index in [0.717, 1.165) is 0 Å². The van der Waals surface area contributed by atoms with Crippen LogP contribution in [0.2, 0.25) is 20.1 Å². The summed E-state index contributed by atoms with van der Waals surface area (Å²) in [5, 5.41) is 4.00. The number of sulfonamides is 2. The van der Waals surface area contributed by atoms with E-state index >= 15 is 0 Å². The number of nitrogens with one attached hydrogen (secondary N) is 2. The van der Waals surface area contributed by atoms with Gasteiger partial charge in [-0.15, -0.1) is 0 Å². The standard InChI is InChI=1S/C25H23Cl4N3O5S2/c26-18-2-1-17(22(28)13-18)15-38(34,35)32-11-9-16(10-12-32)25(33)30-20-4-6-21(7-5-20)39(36,37)31-24-8-3-19(27)14-23(24)29/h1-8,13-14,16,31H,9-12,15H2,(H,30,33). The molecule has 0 bridgehead atoms. The highest BCUT2D eigenvalue weighted by Crippen LogP contribution is 2.29. The average molecular weight is 651 g/mol. The Bertz CT molecular complexity index is 1590. The number of piperidine rings is 1. The van der Waals surface area contributed by atoms with Crippen molar-refractivity contribution in [2.24, 2.45) is 5.92 Å². The van der Waals surface area contributed by atoms with Crippen LogP contribution in [0.5, 0.6) is 0 Å². The molecule has 0 unspecified atom stereocenters. The minimum Gasteiger partial charge on any atom is -0.326 e. The molecule has 0 aromatic heterocycles. The second-order valence-electron chi connectivity index (χ2n) is 8.91. The molecular formula is C25H23Cl4N3O5S2. The Morgan fingerprint density at radius 3 is 2.00 bits per heavy atom. The summed E-state index contributed by atoms with van der Waals surface area (Å²) in [4.78, 5) is 12.8. The SMILES string of the molecule is O=C(Nc1ccc(S(=O)(=O)Nc2ccc(Cl)cc2Cl)cc1)C1CCN(S(=O)(=O)Cc2ccc(Cl)cc2Cl)CC1. The van der Waals surface area contributed by atoms with Gasteiger partial charge >= 0.3 is 0 Å². The number of benzene rings is 3. The molecule has 1 amide bonds. The van der Waals surface area contributed by atoms with E-state index in [1.807, 2.05) is 0 Å². The van der Waals surface area contributed by atoms with E-state index in [9.17, 15) is 21.6 Å². The Morgan fingerprint density at radius 2 is 1.41 bits per heavy atom. The van der Waals surface area contributed by atoms with Gasteiger partial charge in [0.15, 0.2) is 0 Å². The second-order valence-corrected chi connectivity index (χ2v) is 14.2. The van der Waals surface area contributed by atoms with Crippen LogP contribution in [0.25, 0.3) is 0 Å². The summed E-state index contributed by atoms with van der Waals surface area (Å²) in [7, 11) is -7.56. The van der Waals surface area contributed by atoms with E-state index in [4.69, 9.17) is 46.4 Å². The number of amides is 1. The van der Waals surface area contributed by atoms with Gasteiger partial charge in [0.25, 0.3) is 10.0 Å². The molecule has 14 heteroatoms. The predicted molar refractivity (Wildman–Crippen MR) is 156 cm³/mol. The Morgan fingerprint density at radius 1 is 0.821 bits per heavy atom. The number of halogens is 4. The molecule has 0 spiro atoms. The number of hydrogen-bond acceptors (Lipinski definition) is 5. The van der Waals surface area contributed by atoms with E-state index in [1.165, 1.54) is 52.8 Å². The van der Waals surface area contributed by atoms with Gasteiger partial charge in [0.1, 0.15) is 0 Å². The highest BCUT2D eigenvalue weighted by molar-refractivity contribution is 7.92. The second kappa shape index (κ2) is 12.2. The maximum absolute atomic E-state index is 12.9. The van der Waals surface area contributed by atoms with Gasteiger partial charge in [-0.3, -0.25) is 9.52 Å². The van der Waals surface area contributed by atoms with E-state index in [-0.39, 0.29) is 45.4 Å². The molecule has 1 fully saturated rings. The summed E-state index contributed by atoms with van der Waals surface area (Å²) in [5.41, 5.74) is 1.05. The van der Waals surface area contributed by atoms with E-state index in [0.29, 0.717) is 34.1 Å². The Balaban J connectivity index is 1.33. The third-order valence-corrected chi connectivity index (χ3v) is 10.5. The lowest BCUT2D eigenvalue weighted by molar-refractivity contribution is -0.120. The Hall–Kier alpha value is -2.05. The van der Waals surface area contributed by atoms with Crippen molar-refractivity contribution in [1.29, 1.82) is 0 Å². The number of rotatable bonds is 8. The largest absolute Gasteiger partial charge is 0.326 e. The van der Waals surface area contributed by atoms with Gasteiger partial charge in [-0.05, 0) is 73.0 Å². The summed E-state index contributed by atoms with van der Waals surface area (Å²) >= 11 is 23.9. The van der Waals surface area contributed by atoms with Crippen molar-refractivity contribution in [2.75, 3.05) is 23.1 Å². The first kappa shape index (κ1) is 29.9. The van der Waals surface area contributed by atoms with Crippen molar-refractivity contribution in [2.45, 2.75) is 23.5 Å². The number of nitrogens with zero attached hydrogens (tertiary/aromatic N) is 1. The zero-order valence-corrected chi connectivity index (χ0v) is 24.9. The van der Waals surface area contributed by atoms with Crippen LogP contribution in [0.15, 0.2) is 65.6 Å². The molecule has 208 valence electrons. The molecule has 4 rings (SSSR count). The van der Waals surface area contributed by atoms with Gasteiger partial charge in [-0.2, -0.15) is 0 Å². The van der Waals surface area contributed by atoms with E-state index in [2.05, 4.69) is 10.0 Å². The molecule has 1 aliphatic heterocycles. The molecule has 39 heavy (non-hydrogen) atoms. The van der Waals surface area contributed by atoms with Gasteiger partial charge in [0.05, 0.1) is 21.4 Å². The van der Waals surface area contributed by atoms with Crippen LogP contribution < -0.4 is 10.0 Å². The van der Waals surface area contributed by atoms with Crippen molar-refractivity contribution in [3.8, 4) is 0 Å². The highest BCUT2D eigenvalue weighted by atomic mass is 35.5. The topological polar surface area (TPSA) is 113 Å². The molecule has 0 atom stereocenters. The fourth-order valence-corrected chi connectivity index (χ4v) is 7.80. The maximum Gasteiger partial charge on any atom is 0.261 e. The predicted octanol–water partition coefficient (Wildman–Crippen LogP) is 6.28. The summed E-state index contributed by atoms with van der Waals surface area (Å²) in [5.74, 6) is -0.920. The number of anilines is 2. The molecule has 3 aromatic rings. The van der Waals surface area contributed by atoms with Gasteiger partial charge in [-0.1, -0.05) is 52.5 Å². The molecular weight excluding hydrogens is 628 g/mol. The van der Waals surface area contributed by atoms with Crippen molar-refractivity contribution < 1.29 is 21.6 Å². The Kier molecular flexibility index (Phi) is 9.37. The lowest BCUT2D eigenvalue weighted by Crippen LogP contribution is -2.41. The third kappa shape index (κ3) is 7.58. The highest BCUT2D eigenvalue weighted by Gasteiger charge is 2.31. The summed E-state index contributed by atoms with van der Waals surface area (Å²) < 4.78 is 55.0.